The molecular formula is C11H14FNO2. The van der Waals surface area contributed by atoms with Gasteiger partial charge in [-0.1, -0.05) is 12.1 Å². The van der Waals surface area contributed by atoms with Gasteiger partial charge in [0.1, 0.15) is 0 Å². The lowest BCUT2D eigenvalue weighted by Gasteiger charge is -2.42. The Morgan fingerprint density at radius 1 is 1.53 bits per heavy atom. The van der Waals surface area contributed by atoms with Crippen LogP contribution in [0, 0.1) is 5.82 Å². The lowest BCUT2D eigenvalue weighted by Crippen LogP contribution is -2.49. The highest BCUT2D eigenvalue weighted by atomic mass is 19.1. The number of halogens is 1. The van der Waals surface area contributed by atoms with E-state index in [4.69, 9.17) is 10.5 Å². The normalized spacial score (nSPS) is 29.7. The first-order valence-electron chi connectivity index (χ1n) is 4.88. The smallest absolute Gasteiger partial charge is 0.171 e. The molecule has 0 heterocycles. The summed E-state index contributed by atoms with van der Waals surface area (Å²) in [5.74, 6) is -0.337. The van der Waals surface area contributed by atoms with E-state index in [9.17, 15) is 9.50 Å². The molecule has 15 heavy (non-hydrogen) atoms. The highest BCUT2D eigenvalue weighted by Crippen LogP contribution is 2.42. The second kappa shape index (κ2) is 3.47. The van der Waals surface area contributed by atoms with Crippen LogP contribution < -0.4 is 10.5 Å². The molecule has 1 aromatic rings. The predicted molar refractivity (Wildman–Crippen MR) is 54.1 cm³/mol. The molecule has 0 bridgehead atoms. The highest BCUT2D eigenvalue weighted by molar-refractivity contribution is 5.36. The second-order valence-electron chi connectivity index (χ2n) is 4.02. The van der Waals surface area contributed by atoms with Crippen molar-refractivity contribution in [3.63, 3.8) is 0 Å². The first-order valence-corrected chi connectivity index (χ1v) is 4.88. The molecule has 0 unspecified atom stereocenters. The molecule has 3 N–H and O–H groups in total. The van der Waals surface area contributed by atoms with Gasteiger partial charge in [0.05, 0.1) is 12.7 Å². The van der Waals surface area contributed by atoms with Gasteiger partial charge in [-0.15, -0.1) is 0 Å². The van der Waals surface area contributed by atoms with Crippen molar-refractivity contribution in [2.24, 2.45) is 5.73 Å². The third kappa shape index (κ3) is 1.60. The SMILES string of the molecule is COc1cccc(C2(O)CC(N)C2)c1F. The Morgan fingerprint density at radius 3 is 2.73 bits per heavy atom. The Hall–Kier alpha value is -1.13. The van der Waals surface area contributed by atoms with Crippen LogP contribution in [0.3, 0.4) is 0 Å². The molecule has 82 valence electrons. The van der Waals surface area contributed by atoms with Crippen LogP contribution in [0.25, 0.3) is 0 Å². The summed E-state index contributed by atoms with van der Waals surface area (Å²) in [6.07, 6.45) is 0.800. The van der Waals surface area contributed by atoms with Crippen LogP contribution in [-0.2, 0) is 5.60 Å². The molecule has 2 rings (SSSR count). The average molecular weight is 211 g/mol. The van der Waals surface area contributed by atoms with E-state index in [-0.39, 0.29) is 17.4 Å². The van der Waals surface area contributed by atoms with Gasteiger partial charge in [-0.3, -0.25) is 0 Å². The summed E-state index contributed by atoms with van der Waals surface area (Å²) in [7, 11) is 1.40. The van der Waals surface area contributed by atoms with E-state index in [1.165, 1.54) is 13.2 Å². The number of hydrogen-bond acceptors (Lipinski definition) is 3. The zero-order valence-electron chi connectivity index (χ0n) is 8.53. The maximum atomic E-state index is 13.8. The lowest BCUT2D eigenvalue weighted by atomic mass is 9.71. The van der Waals surface area contributed by atoms with E-state index in [2.05, 4.69) is 0 Å². The third-order valence-corrected chi connectivity index (χ3v) is 2.88. The highest BCUT2D eigenvalue weighted by Gasteiger charge is 2.44. The van der Waals surface area contributed by atoms with Crippen molar-refractivity contribution in [3.05, 3.63) is 29.6 Å². The quantitative estimate of drug-likeness (QED) is 0.771. The van der Waals surface area contributed by atoms with Crippen molar-refractivity contribution in [3.8, 4) is 5.75 Å². The fourth-order valence-corrected chi connectivity index (χ4v) is 2.06. The molecule has 1 fully saturated rings. The maximum absolute atomic E-state index is 13.8. The molecule has 0 amide bonds. The van der Waals surface area contributed by atoms with E-state index >= 15 is 0 Å². The van der Waals surface area contributed by atoms with Crippen LogP contribution in [-0.4, -0.2) is 18.3 Å². The minimum Gasteiger partial charge on any atom is -0.494 e. The second-order valence-corrected chi connectivity index (χ2v) is 4.02. The predicted octanol–water partition coefficient (Wildman–Crippen LogP) is 1.14. The first-order chi connectivity index (χ1) is 7.07. The van der Waals surface area contributed by atoms with E-state index in [0.717, 1.165) is 0 Å². The van der Waals surface area contributed by atoms with Crippen molar-refractivity contribution in [2.75, 3.05) is 7.11 Å². The number of benzene rings is 1. The van der Waals surface area contributed by atoms with Crippen LogP contribution in [0.5, 0.6) is 5.75 Å². The Kier molecular flexibility index (Phi) is 2.40. The number of rotatable bonds is 2. The maximum Gasteiger partial charge on any atom is 0.171 e. The zero-order chi connectivity index (χ0) is 11.1. The van der Waals surface area contributed by atoms with Gasteiger partial charge < -0.3 is 15.6 Å². The lowest BCUT2D eigenvalue weighted by molar-refractivity contribution is -0.0552. The summed E-state index contributed by atoms with van der Waals surface area (Å²) < 4.78 is 18.6. The fourth-order valence-electron chi connectivity index (χ4n) is 2.06. The van der Waals surface area contributed by atoms with Gasteiger partial charge in [-0.05, 0) is 18.9 Å². The van der Waals surface area contributed by atoms with Crippen molar-refractivity contribution in [1.29, 1.82) is 0 Å². The monoisotopic (exact) mass is 211 g/mol. The number of nitrogens with two attached hydrogens (primary N) is 1. The van der Waals surface area contributed by atoms with Gasteiger partial charge >= 0.3 is 0 Å². The number of ether oxygens (including phenoxy) is 1. The minimum absolute atomic E-state index is 0.0411. The summed E-state index contributed by atoms with van der Waals surface area (Å²) in [6, 6.07) is 4.73. The Labute approximate surface area is 87.7 Å². The molecule has 1 aromatic carbocycles. The molecule has 0 saturated heterocycles. The van der Waals surface area contributed by atoms with Gasteiger partial charge in [0.25, 0.3) is 0 Å². The van der Waals surface area contributed by atoms with Gasteiger partial charge in [-0.2, -0.15) is 0 Å². The van der Waals surface area contributed by atoms with Crippen molar-refractivity contribution in [2.45, 2.75) is 24.5 Å². The first kappa shape index (κ1) is 10.4. The minimum atomic E-state index is -1.11. The van der Waals surface area contributed by atoms with Crippen LogP contribution in [0.1, 0.15) is 18.4 Å². The summed E-state index contributed by atoms with van der Waals surface area (Å²) in [6.45, 7) is 0. The third-order valence-electron chi connectivity index (χ3n) is 2.88. The Morgan fingerprint density at radius 2 is 2.20 bits per heavy atom. The summed E-state index contributed by atoms with van der Waals surface area (Å²) in [5.41, 5.74) is 4.77. The van der Waals surface area contributed by atoms with E-state index < -0.39 is 11.4 Å². The van der Waals surface area contributed by atoms with Crippen LogP contribution in [0.4, 0.5) is 4.39 Å². The number of aliphatic hydroxyl groups is 1. The fraction of sp³-hybridized carbons (Fsp3) is 0.455. The molecular weight excluding hydrogens is 197 g/mol. The van der Waals surface area contributed by atoms with E-state index in [1.54, 1.807) is 12.1 Å². The number of methoxy groups -OCH3 is 1. The van der Waals surface area contributed by atoms with E-state index in [1.807, 2.05) is 0 Å². The summed E-state index contributed by atoms with van der Waals surface area (Å²) >= 11 is 0. The van der Waals surface area contributed by atoms with E-state index in [0.29, 0.717) is 12.8 Å². The van der Waals surface area contributed by atoms with Gasteiger partial charge in [0.15, 0.2) is 11.6 Å². The average Bonchev–Trinajstić information content (AvgIpc) is 2.16. The Balaban J connectivity index is 2.37. The molecule has 1 aliphatic carbocycles. The van der Waals surface area contributed by atoms with Gasteiger partial charge in [-0.25, -0.2) is 4.39 Å². The number of hydrogen-bond donors (Lipinski definition) is 2. The molecule has 3 nitrogen and oxygen atoms in total. The van der Waals surface area contributed by atoms with Crippen molar-refractivity contribution in [1.82, 2.24) is 0 Å². The molecule has 0 radical (unpaired) electrons. The largest absolute Gasteiger partial charge is 0.494 e. The zero-order valence-corrected chi connectivity index (χ0v) is 8.53. The molecule has 1 saturated carbocycles. The van der Waals surface area contributed by atoms with Gasteiger partial charge in [0, 0.05) is 11.6 Å². The van der Waals surface area contributed by atoms with Crippen LogP contribution in [0.15, 0.2) is 18.2 Å². The molecule has 0 spiro atoms. The summed E-state index contributed by atoms with van der Waals surface area (Å²) in [5, 5.41) is 10.1. The molecule has 0 aliphatic heterocycles. The standard InChI is InChI=1S/C11H14FNO2/c1-15-9-4-2-3-8(10(9)12)11(14)5-7(13)6-11/h2-4,7,14H,5-6,13H2,1H3. The van der Waals surface area contributed by atoms with Gasteiger partial charge in [0.2, 0.25) is 0 Å². The molecule has 0 aromatic heterocycles. The Bertz CT molecular complexity index is 375. The van der Waals surface area contributed by atoms with Crippen LogP contribution in [0.2, 0.25) is 0 Å². The van der Waals surface area contributed by atoms with Crippen LogP contribution >= 0.6 is 0 Å². The van der Waals surface area contributed by atoms with Crippen molar-refractivity contribution < 1.29 is 14.2 Å². The summed E-state index contributed by atoms with van der Waals surface area (Å²) in [4.78, 5) is 0. The molecule has 0 atom stereocenters. The topological polar surface area (TPSA) is 55.5 Å². The molecule has 1 aliphatic rings. The molecule has 4 heteroatoms. The van der Waals surface area contributed by atoms with Crippen molar-refractivity contribution >= 4 is 0 Å².